The van der Waals surface area contributed by atoms with E-state index >= 15 is 0 Å². The molecule has 0 radical (unpaired) electrons. The molecular weight excluding hydrogens is 145 g/mol. The van der Waals surface area contributed by atoms with Gasteiger partial charge < -0.3 is 9.90 Å². The zero-order valence-electron chi connectivity index (χ0n) is 5.55. The molecule has 0 aromatic heterocycles. The fraction of sp³-hybridized carbons (Fsp3) is 0.600. The Morgan fingerprint density at radius 3 is 2.33 bits per heavy atom. The zero-order chi connectivity index (χ0) is 6.57. The van der Waals surface area contributed by atoms with Crippen molar-refractivity contribution in [3.63, 3.8) is 0 Å². The number of hydrogen-bond acceptors (Lipinski definition) is 3. The van der Waals surface area contributed by atoms with Gasteiger partial charge in [0.25, 0.3) is 0 Å². The van der Waals surface area contributed by atoms with Crippen molar-refractivity contribution in [3.05, 3.63) is 0 Å². The maximum atomic E-state index is 9.83. The quantitative estimate of drug-likeness (QED) is 0.381. The van der Waals surface area contributed by atoms with Gasteiger partial charge in [0, 0.05) is 0 Å². The first-order chi connectivity index (χ1) is 3.72. The number of aliphatic carboxylic acids is 1. The molecule has 0 aliphatic rings. The van der Waals surface area contributed by atoms with Gasteiger partial charge in [-0.25, -0.2) is 0 Å². The van der Waals surface area contributed by atoms with Crippen LogP contribution in [0.2, 0.25) is 0 Å². The number of hydrogen-bond donors (Lipinski definition) is 0. The van der Waals surface area contributed by atoms with Crippen LogP contribution in [-0.4, -0.2) is 5.97 Å². The third-order valence-electron chi connectivity index (χ3n) is 0.849. The van der Waals surface area contributed by atoms with Crippen LogP contribution in [0.1, 0.15) is 13.3 Å². The van der Waals surface area contributed by atoms with Crippen molar-refractivity contribution in [2.24, 2.45) is 5.92 Å². The Kier molecular flexibility index (Phi) is 9.17. The molecule has 1 unspecified atom stereocenters. The molecular formula is C5H6KNO2. The Morgan fingerprint density at radius 1 is 1.89 bits per heavy atom. The normalized spacial score (nSPS) is 10.7. The largest absolute Gasteiger partial charge is 1.00 e. The molecule has 9 heavy (non-hydrogen) atoms. The summed E-state index contributed by atoms with van der Waals surface area (Å²) in [6.45, 7) is 1.63. The topological polar surface area (TPSA) is 63.9 Å². The smallest absolute Gasteiger partial charge is 0.549 e. The number of carbonyl (C=O) groups excluding carboxylic acids is 1. The molecule has 0 aromatic rings. The first-order valence-electron chi connectivity index (χ1n) is 2.32. The molecule has 0 bridgehead atoms. The zero-order valence-corrected chi connectivity index (χ0v) is 8.67. The van der Waals surface area contributed by atoms with E-state index in [1.807, 2.05) is 0 Å². The van der Waals surface area contributed by atoms with Crippen LogP contribution in [0.4, 0.5) is 0 Å². The number of nitriles is 1. The first-order valence-corrected chi connectivity index (χ1v) is 2.32. The van der Waals surface area contributed by atoms with E-state index in [2.05, 4.69) is 0 Å². The molecule has 0 rings (SSSR count). The van der Waals surface area contributed by atoms with Crippen LogP contribution in [0.5, 0.6) is 0 Å². The second kappa shape index (κ2) is 6.71. The fourth-order valence-electron chi connectivity index (χ4n) is 0.311. The van der Waals surface area contributed by atoms with E-state index in [0.717, 1.165) is 0 Å². The van der Waals surface area contributed by atoms with Crippen molar-refractivity contribution in [1.29, 1.82) is 5.26 Å². The number of nitrogens with zero attached hydrogens (tertiary/aromatic N) is 1. The average Bonchev–Trinajstić information content (AvgIpc) is 1.69. The van der Waals surface area contributed by atoms with Crippen LogP contribution < -0.4 is 56.5 Å². The summed E-state index contributed by atoms with van der Waals surface area (Å²) in [4.78, 5) is 9.83. The maximum absolute atomic E-state index is 9.83. The summed E-state index contributed by atoms with van der Waals surface area (Å²) in [6, 6.07) is 1.59. The van der Waals surface area contributed by atoms with Crippen molar-refractivity contribution in [1.82, 2.24) is 0 Å². The SMILES string of the molecule is CCC(C#N)C(=O)[O-].[K+]. The minimum absolute atomic E-state index is 0. The molecule has 0 heterocycles. The monoisotopic (exact) mass is 151 g/mol. The van der Waals surface area contributed by atoms with Gasteiger partial charge >= 0.3 is 51.4 Å². The summed E-state index contributed by atoms with van der Waals surface area (Å²) in [5, 5.41) is 17.9. The summed E-state index contributed by atoms with van der Waals surface area (Å²) in [5.41, 5.74) is 0. The molecule has 0 amide bonds. The second-order valence-corrected chi connectivity index (χ2v) is 1.41. The summed E-state index contributed by atoms with van der Waals surface area (Å²) < 4.78 is 0. The fourth-order valence-corrected chi connectivity index (χ4v) is 0.311. The Morgan fingerprint density at radius 2 is 2.33 bits per heavy atom. The van der Waals surface area contributed by atoms with Crippen LogP contribution in [0.3, 0.4) is 0 Å². The van der Waals surface area contributed by atoms with Gasteiger partial charge in [0.2, 0.25) is 0 Å². The molecule has 0 aromatic carbocycles. The molecule has 0 fully saturated rings. The molecule has 0 spiro atoms. The van der Waals surface area contributed by atoms with Crippen molar-refractivity contribution >= 4 is 5.97 Å². The average molecular weight is 151 g/mol. The summed E-state index contributed by atoms with van der Waals surface area (Å²) >= 11 is 0. The van der Waals surface area contributed by atoms with Crippen molar-refractivity contribution < 1.29 is 61.3 Å². The third kappa shape index (κ3) is 5.06. The van der Waals surface area contributed by atoms with E-state index in [1.54, 1.807) is 13.0 Å². The van der Waals surface area contributed by atoms with Gasteiger partial charge in [-0.3, -0.25) is 0 Å². The number of rotatable bonds is 2. The van der Waals surface area contributed by atoms with Gasteiger partial charge in [-0.1, -0.05) is 6.92 Å². The van der Waals surface area contributed by atoms with Gasteiger partial charge in [0.1, 0.15) is 0 Å². The van der Waals surface area contributed by atoms with Crippen LogP contribution in [0.25, 0.3) is 0 Å². The predicted molar refractivity (Wildman–Crippen MR) is 24.4 cm³/mol. The molecule has 0 aliphatic heterocycles. The third-order valence-corrected chi connectivity index (χ3v) is 0.849. The van der Waals surface area contributed by atoms with E-state index < -0.39 is 11.9 Å². The second-order valence-electron chi connectivity index (χ2n) is 1.41. The van der Waals surface area contributed by atoms with E-state index in [0.29, 0.717) is 6.42 Å². The van der Waals surface area contributed by atoms with Crippen LogP contribution in [-0.2, 0) is 4.79 Å². The molecule has 0 aliphatic carbocycles. The first kappa shape index (κ1) is 12.3. The van der Waals surface area contributed by atoms with E-state index in [9.17, 15) is 9.90 Å². The molecule has 4 heteroatoms. The summed E-state index contributed by atoms with van der Waals surface area (Å²) in [6.07, 6.45) is 0.318. The Labute approximate surface area is 96.5 Å². The van der Waals surface area contributed by atoms with Crippen molar-refractivity contribution in [3.8, 4) is 6.07 Å². The van der Waals surface area contributed by atoms with E-state index in [4.69, 9.17) is 5.26 Å². The van der Waals surface area contributed by atoms with Gasteiger partial charge in [0.05, 0.1) is 18.0 Å². The molecule has 44 valence electrons. The van der Waals surface area contributed by atoms with Gasteiger partial charge in [0.15, 0.2) is 0 Å². The molecule has 3 nitrogen and oxygen atoms in total. The predicted octanol–water partition coefficient (Wildman–Crippen LogP) is -3.71. The Hall–Kier alpha value is 0.596. The van der Waals surface area contributed by atoms with E-state index in [1.165, 1.54) is 0 Å². The number of carboxylic acid groups (broad SMARTS) is 1. The van der Waals surface area contributed by atoms with Gasteiger partial charge in [-0.15, -0.1) is 0 Å². The standard InChI is InChI=1S/C5H7NO2.K/c1-2-4(3-6)5(7)8;/h4H,2H2,1H3,(H,7,8);/q;+1/p-1. The summed E-state index contributed by atoms with van der Waals surface area (Å²) in [7, 11) is 0. The van der Waals surface area contributed by atoms with Crippen molar-refractivity contribution in [2.45, 2.75) is 13.3 Å². The Bertz CT molecular complexity index is 129. The minimum atomic E-state index is -1.28. The summed E-state index contributed by atoms with van der Waals surface area (Å²) in [5.74, 6) is -2.22. The van der Waals surface area contributed by atoms with Gasteiger partial charge in [-0.2, -0.15) is 5.26 Å². The molecule has 0 saturated carbocycles. The maximum Gasteiger partial charge on any atom is 1.00 e. The van der Waals surface area contributed by atoms with Crippen molar-refractivity contribution in [2.75, 3.05) is 0 Å². The molecule has 0 N–H and O–H groups in total. The van der Waals surface area contributed by atoms with Crippen LogP contribution in [0, 0.1) is 17.2 Å². The van der Waals surface area contributed by atoms with Gasteiger partial charge in [-0.05, 0) is 6.42 Å². The molecule has 0 saturated heterocycles. The van der Waals surface area contributed by atoms with E-state index in [-0.39, 0.29) is 51.4 Å². The van der Waals surface area contributed by atoms with Crippen LogP contribution >= 0.6 is 0 Å². The number of carbonyl (C=O) groups is 1. The number of carboxylic acids is 1. The Balaban J connectivity index is 0. The molecule has 1 atom stereocenters. The minimum Gasteiger partial charge on any atom is -0.549 e. The van der Waals surface area contributed by atoms with Crippen LogP contribution in [0.15, 0.2) is 0 Å².